The molecule has 1 aliphatic rings. The van der Waals surface area contributed by atoms with Crippen LogP contribution in [0.1, 0.15) is 6.42 Å². The smallest absolute Gasteiger partial charge is 0.224 e. The summed E-state index contributed by atoms with van der Waals surface area (Å²) in [6.45, 7) is 1.83. The van der Waals surface area contributed by atoms with Crippen molar-refractivity contribution in [2.75, 3.05) is 20.1 Å². The topological polar surface area (TPSA) is 41.1 Å². The van der Waals surface area contributed by atoms with Crippen molar-refractivity contribution in [3.8, 4) is 0 Å². The average Bonchev–Trinajstić information content (AvgIpc) is 2.37. The van der Waals surface area contributed by atoms with E-state index in [9.17, 15) is 4.79 Å². The van der Waals surface area contributed by atoms with Gasteiger partial charge in [0.25, 0.3) is 0 Å². The minimum Gasteiger partial charge on any atom is -0.359 e. The number of hydrogen-bond acceptors (Lipinski definition) is 2. The van der Waals surface area contributed by atoms with Crippen molar-refractivity contribution < 1.29 is 4.79 Å². The Morgan fingerprint density at radius 1 is 1.70 bits per heavy atom. The average molecular weight is 165 g/mol. The van der Waals surface area contributed by atoms with Gasteiger partial charge in [-0.15, -0.1) is 12.4 Å². The SMILES string of the molecule is CNC(=O)[C@@H]1CCNC1.Cl. The summed E-state index contributed by atoms with van der Waals surface area (Å²) in [6, 6.07) is 0. The molecule has 60 valence electrons. The predicted octanol–water partition coefficient (Wildman–Crippen LogP) is -0.236. The summed E-state index contributed by atoms with van der Waals surface area (Å²) in [4.78, 5) is 10.9. The van der Waals surface area contributed by atoms with E-state index in [1.54, 1.807) is 7.05 Å². The normalized spacial score (nSPS) is 23.5. The molecule has 0 bridgehead atoms. The van der Waals surface area contributed by atoms with Gasteiger partial charge in [0.15, 0.2) is 0 Å². The predicted molar refractivity (Wildman–Crippen MR) is 42.3 cm³/mol. The van der Waals surface area contributed by atoms with E-state index in [-0.39, 0.29) is 24.2 Å². The molecule has 0 spiro atoms. The zero-order valence-electron chi connectivity index (χ0n) is 6.02. The van der Waals surface area contributed by atoms with Crippen molar-refractivity contribution in [1.82, 2.24) is 10.6 Å². The third kappa shape index (κ3) is 2.15. The highest BCUT2D eigenvalue weighted by molar-refractivity contribution is 5.85. The third-order valence-electron chi connectivity index (χ3n) is 1.68. The monoisotopic (exact) mass is 164 g/mol. The van der Waals surface area contributed by atoms with Gasteiger partial charge in [-0.25, -0.2) is 0 Å². The lowest BCUT2D eigenvalue weighted by atomic mass is 10.1. The molecule has 0 aromatic heterocycles. The fraction of sp³-hybridized carbons (Fsp3) is 0.833. The molecule has 1 aliphatic heterocycles. The molecule has 0 aromatic rings. The number of carbonyl (C=O) groups excluding carboxylic acids is 1. The van der Waals surface area contributed by atoms with Gasteiger partial charge in [-0.2, -0.15) is 0 Å². The van der Waals surface area contributed by atoms with Gasteiger partial charge in [-0.1, -0.05) is 0 Å². The van der Waals surface area contributed by atoms with E-state index in [4.69, 9.17) is 0 Å². The fourth-order valence-corrected chi connectivity index (χ4v) is 1.08. The first-order valence-electron chi connectivity index (χ1n) is 3.27. The first-order valence-corrected chi connectivity index (χ1v) is 3.27. The Kier molecular flexibility index (Phi) is 4.40. The van der Waals surface area contributed by atoms with Crippen LogP contribution in [0.25, 0.3) is 0 Å². The number of nitrogens with one attached hydrogen (secondary N) is 2. The van der Waals surface area contributed by atoms with Crippen LogP contribution in [0.5, 0.6) is 0 Å². The highest BCUT2D eigenvalue weighted by Crippen LogP contribution is 2.05. The van der Waals surface area contributed by atoms with Crippen molar-refractivity contribution in [1.29, 1.82) is 0 Å². The molecule has 1 amide bonds. The van der Waals surface area contributed by atoms with Crippen LogP contribution >= 0.6 is 12.4 Å². The molecule has 0 saturated carbocycles. The van der Waals surface area contributed by atoms with Crippen LogP contribution in [0.3, 0.4) is 0 Å². The number of carbonyl (C=O) groups is 1. The van der Waals surface area contributed by atoms with Gasteiger partial charge in [0.1, 0.15) is 0 Å². The maximum atomic E-state index is 10.9. The first-order chi connectivity index (χ1) is 4.34. The maximum Gasteiger partial charge on any atom is 0.224 e. The Bertz CT molecular complexity index is 112. The lowest BCUT2D eigenvalue weighted by Crippen LogP contribution is -2.28. The molecule has 2 N–H and O–H groups in total. The summed E-state index contributed by atoms with van der Waals surface area (Å²) in [5, 5.41) is 5.75. The van der Waals surface area contributed by atoms with Crippen LogP contribution in [0.4, 0.5) is 0 Å². The molecule has 3 nitrogen and oxygen atoms in total. The van der Waals surface area contributed by atoms with Crippen molar-refractivity contribution in [2.24, 2.45) is 5.92 Å². The first kappa shape index (κ1) is 9.72. The van der Waals surface area contributed by atoms with Gasteiger partial charge in [0.05, 0.1) is 5.92 Å². The van der Waals surface area contributed by atoms with Crippen LogP contribution in [0.15, 0.2) is 0 Å². The number of hydrogen-bond donors (Lipinski definition) is 2. The second kappa shape index (κ2) is 4.52. The second-order valence-corrected chi connectivity index (χ2v) is 2.30. The van der Waals surface area contributed by atoms with Gasteiger partial charge in [-0.3, -0.25) is 4.79 Å². The Morgan fingerprint density at radius 3 is 2.80 bits per heavy atom. The summed E-state index contributed by atoms with van der Waals surface area (Å²) < 4.78 is 0. The number of amides is 1. The zero-order valence-corrected chi connectivity index (χ0v) is 6.83. The van der Waals surface area contributed by atoms with E-state index in [0.717, 1.165) is 19.5 Å². The molecule has 0 radical (unpaired) electrons. The van der Waals surface area contributed by atoms with Gasteiger partial charge in [0.2, 0.25) is 5.91 Å². The van der Waals surface area contributed by atoms with Crippen molar-refractivity contribution in [3.63, 3.8) is 0 Å². The molecule has 1 rings (SSSR count). The highest BCUT2D eigenvalue weighted by atomic mass is 35.5. The van der Waals surface area contributed by atoms with Crippen LogP contribution in [-0.2, 0) is 4.79 Å². The van der Waals surface area contributed by atoms with E-state index < -0.39 is 0 Å². The molecule has 0 aliphatic carbocycles. The highest BCUT2D eigenvalue weighted by Gasteiger charge is 2.20. The molecule has 1 atom stereocenters. The Labute approximate surface area is 67.0 Å². The molecule has 4 heteroatoms. The third-order valence-corrected chi connectivity index (χ3v) is 1.68. The standard InChI is InChI=1S/C6H12N2O.ClH/c1-7-6(9)5-2-3-8-4-5;/h5,8H,2-4H2,1H3,(H,7,9);1H/t5-;/m1./s1. The molecule has 1 saturated heterocycles. The minimum atomic E-state index is 0. The van der Waals surface area contributed by atoms with Gasteiger partial charge < -0.3 is 10.6 Å². The molecular weight excluding hydrogens is 152 g/mol. The van der Waals surface area contributed by atoms with E-state index in [0.29, 0.717) is 0 Å². The Balaban J connectivity index is 0.000000810. The van der Waals surface area contributed by atoms with E-state index >= 15 is 0 Å². The fourth-order valence-electron chi connectivity index (χ4n) is 1.08. The minimum absolute atomic E-state index is 0. The van der Waals surface area contributed by atoms with Crippen LogP contribution in [0.2, 0.25) is 0 Å². The largest absolute Gasteiger partial charge is 0.359 e. The summed E-state index contributed by atoms with van der Waals surface area (Å²) in [6.07, 6.45) is 0.986. The molecule has 1 fully saturated rings. The van der Waals surface area contributed by atoms with Crippen molar-refractivity contribution in [2.45, 2.75) is 6.42 Å². The lowest BCUT2D eigenvalue weighted by molar-refractivity contribution is -0.123. The maximum absolute atomic E-state index is 10.9. The van der Waals surface area contributed by atoms with E-state index in [1.165, 1.54) is 0 Å². The molecule has 0 unspecified atom stereocenters. The lowest BCUT2D eigenvalue weighted by Gasteiger charge is -2.03. The Morgan fingerprint density at radius 2 is 2.40 bits per heavy atom. The molecule has 10 heavy (non-hydrogen) atoms. The second-order valence-electron chi connectivity index (χ2n) is 2.30. The quantitative estimate of drug-likeness (QED) is 0.562. The van der Waals surface area contributed by atoms with Crippen molar-refractivity contribution >= 4 is 18.3 Å². The summed E-state index contributed by atoms with van der Waals surface area (Å²) in [7, 11) is 1.68. The van der Waals surface area contributed by atoms with Gasteiger partial charge in [0, 0.05) is 13.6 Å². The molecular formula is C6H13ClN2O. The summed E-state index contributed by atoms with van der Waals surface area (Å²) in [5.74, 6) is 0.384. The van der Waals surface area contributed by atoms with E-state index in [1.807, 2.05) is 0 Å². The zero-order chi connectivity index (χ0) is 6.69. The van der Waals surface area contributed by atoms with Gasteiger partial charge in [-0.05, 0) is 13.0 Å². The summed E-state index contributed by atoms with van der Waals surface area (Å²) in [5.41, 5.74) is 0. The number of halogens is 1. The van der Waals surface area contributed by atoms with Crippen LogP contribution < -0.4 is 10.6 Å². The summed E-state index contributed by atoms with van der Waals surface area (Å²) >= 11 is 0. The van der Waals surface area contributed by atoms with Crippen LogP contribution in [-0.4, -0.2) is 26.0 Å². The van der Waals surface area contributed by atoms with Crippen molar-refractivity contribution in [3.05, 3.63) is 0 Å². The molecule has 1 heterocycles. The number of rotatable bonds is 1. The Hall–Kier alpha value is -0.280. The van der Waals surface area contributed by atoms with Gasteiger partial charge >= 0.3 is 0 Å². The molecule has 0 aromatic carbocycles. The van der Waals surface area contributed by atoms with Crippen LogP contribution in [0, 0.1) is 5.92 Å². The van der Waals surface area contributed by atoms with E-state index in [2.05, 4.69) is 10.6 Å².